The van der Waals surface area contributed by atoms with Crippen LogP contribution in [0.2, 0.25) is 0 Å². The Labute approximate surface area is 168 Å². The Balaban J connectivity index is 1.43. The van der Waals surface area contributed by atoms with Crippen LogP contribution >= 0.6 is 0 Å². The minimum Gasteiger partial charge on any atom is -0.459 e. The number of furan rings is 1. The zero-order valence-corrected chi connectivity index (χ0v) is 16.0. The van der Waals surface area contributed by atoms with Crippen LogP contribution in [0.25, 0.3) is 0 Å². The average molecular weight is 391 g/mol. The van der Waals surface area contributed by atoms with Crippen LogP contribution in [0.1, 0.15) is 26.9 Å². The predicted octanol–water partition coefficient (Wildman–Crippen LogP) is 2.72. The van der Waals surface area contributed by atoms with Gasteiger partial charge in [0.1, 0.15) is 17.3 Å². The van der Waals surface area contributed by atoms with Crippen molar-refractivity contribution in [1.82, 2.24) is 19.8 Å². The van der Waals surface area contributed by atoms with Gasteiger partial charge in [-0.1, -0.05) is 18.2 Å². The van der Waals surface area contributed by atoms with Crippen molar-refractivity contribution in [3.63, 3.8) is 0 Å². The summed E-state index contributed by atoms with van der Waals surface area (Å²) in [5.74, 6) is 1.07. The summed E-state index contributed by atoms with van der Waals surface area (Å²) in [5, 5.41) is 3.20. The highest BCUT2D eigenvalue weighted by Gasteiger charge is 2.27. The molecule has 1 N–H and O–H groups in total. The third-order valence-corrected chi connectivity index (χ3v) is 4.69. The molecule has 8 nitrogen and oxygen atoms in total. The van der Waals surface area contributed by atoms with Gasteiger partial charge in [0.25, 0.3) is 11.8 Å². The van der Waals surface area contributed by atoms with Gasteiger partial charge in [-0.15, -0.1) is 0 Å². The van der Waals surface area contributed by atoms with Gasteiger partial charge in [0.2, 0.25) is 0 Å². The lowest BCUT2D eigenvalue weighted by Gasteiger charge is -2.34. The molecule has 2 amide bonds. The topological polar surface area (TPSA) is 91.6 Å². The first kappa shape index (κ1) is 18.7. The van der Waals surface area contributed by atoms with Gasteiger partial charge in [0, 0.05) is 37.9 Å². The van der Waals surface area contributed by atoms with Crippen LogP contribution in [0.15, 0.2) is 59.2 Å². The molecule has 0 atom stereocenters. The Morgan fingerprint density at radius 1 is 0.931 bits per heavy atom. The van der Waals surface area contributed by atoms with Crippen LogP contribution in [-0.2, 0) is 0 Å². The number of amides is 2. The number of nitrogens with one attached hydrogen (secondary N) is 1. The van der Waals surface area contributed by atoms with Crippen molar-refractivity contribution < 1.29 is 14.0 Å². The molecule has 29 heavy (non-hydrogen) atoms. The zero-order valence-electron chi connectivity index (χ0n) is 16.0. The second-order valence-corrected chi connectivity index (χ2v) is 6.74. The maximum atomic E-state index is 12.9. The number of hydrogen-bond donors (Lipinski definition) is 1. The fraction of sp³-hybridized carbons (Fsp3) is 0.238. The molecule has 0 bridgehead atoms. The van der Waals surface area contributed by atoms with E-state index in [4.69, 9.17) is 4.42 Å². The van der Waals surface area contributed by atoms with Gasteiger partial charge in [-0.3, -0.25) is 9.59 Å². The van der Waals surface area contributed by atoms with E-state index in [9.17, 15) is 9.59 Å². The number of carbonyl (C=O) groups excluding carboxylic acids is 2. The van der Waals surface area contributed by atoms with E-state index < -0.39 is 0 Å². The fourth-order valence-electron chi connectivity index (χ4n) is 3.24. The second-order valence-electron chi connectivity index (χ2n) is 6.74. The zero-order chi connectivity index (χ0) is 20.2. The molecular formula is C21H21N5O3. The highest BCUT2D eigenvalue weighted by atomic mass is 16.3. The molecule has 1 aliphatic heterocycles. The smallest absolute Gasteiger partial charge is 0.289 e. The number of rotatable bonds is 4. The first-order valence-corrected chi connectivity index (χ1v) is 9.40. The van der Waals surface area contributed by atoms with Gasteiger partial charge in [0.05, 0.1) is 6.26 Å². The van der Waals surface area contributed by atoms with Gasteiger partial charge in [-0.05, 0) is 31.2 Å². The molecule has 1 aromatic carbocycles. The van der Waals surface area contributed by atoms with E-state index in [2.05, 4.69) is 15.3 Å². The Bertz CT molecular complexity index is 996. The van der Waals surface area contributed by atoms with Gasteiger partial charge in [-0.25, -0.2) is 9.97 Å². The van der Waals surface area contributed by atoms with Crippen LogP contribution in [0.4, 0.5) is 11.5 Å². The number of benzene rings is 1. The summed E-state index contributed by atoms with van der Waals surface area (Å²) in [6.07, 6.45) is 1.48. The fourth-order valence-corrected chi connectivity index (χ4v) is 3.24. The third-order valence-electron chi connectivity index (χ3n) is 4.69. The molecule has 3 aromatic rings. The number of aryl methyl sites for hydroxylation is 1. The quantitative estimate of drug-likeness (QED) is 0.735. The Morgan fingerprint density at radius 3 is 2.28 bits per heavy atom. The summed E-state index contributed by atoms with van der Waals surface area (Å²) in [4.78, 5) is 37.4. The molecule has 3 heterocycles. The molecule has 1 fully saturated rings. The molecule has 1 saturated heterocycles. The maximum absolute atomic E-state index is 12.9. The number of carbonyl (C=O) groups is 2. The molecule has 4 rings (SSSR count). The second kappa shape index (κ2) is 8.14. The first-order chi connectivity index (χ1) is 14.1. The van der Waals surface area contributed by atoms with Crippen molar-refractivity contribution in [1.29, 1.82) is 0 Å². The third kappa shape index (κ3) is 4.26. The number of piperazine rings is 1. The first-order valence-electron chi connectivity index (χ1n) is 9.40. The van der Waals surface area contributed by atoms with Crippen LogP contribution in [0.3, 0.4) is 0 Å². The summed E-state index contributed by atoms with van der Waals surface area (Å²) in [6.45, 7) is 3.54. The van der Waals surface area contributed by atoms with E-state index in [-0.39, 0.29) is 11.8 Å². The number of aromatic nitrogens is 2. The number of anilines is 2. The number of nitrogens with zero attached hydrogens (tertiary/aromatic N) is 4. The molecule has 0 aliphatic carbocycles. The molecule has 0 unspecified atom stereocenters. The lowest BCUT2D eigenvalue weighted by molar-refractivity contribution is 0.0515. The number of para-hydroxylation sites is 1. The van der Waals surface area contributed by atoms with Crippen molar-refractivity contribution in [3.05, 3.63) is 72.1 Å². The molecule has 1 aliphatic rings. The summed E-state index contributed by atoms with van der Waals surface area (Å²) < 4.78 is 5.17. The van der Waals surface area contributed by atoms with Crippen molar-refractivity contribution in [2.75, 3.05) is 31.5 Å². The van der Waals surface area contributed by atoms with Gasteiger partial charge in [-0.2, -0.15) is 0 Å². The van der Waals surface area contributed by atoms with E-state index in [1.807, 2.05) is 30.3 Å². The largest absolute Gasteiger partial charge is 0.459 e. The molecule has 0 spiro atoms. The Hall–Kier alpha value is -3.68. The summed E-state index contributed by atoms with van der Waals surface area (Å²) in [5.41, 5.74) is 1.22. The van der Waals surface area contributed by atoms with Crippen LogP contribution < -0.4 is 5.32 Å². The van der Waals surface area contributed by atoms with E-state index in [1.165, 1.54) is 6.26 Å². The van der Waals surface area contributed by atoms with Gasteiger partial charge >= 0.3 is 0 Å². The molecule has 148 valence electrons. The van der Waals surface area contributed by atoms with E-state index >= 15 is 0 Å². The van der Waals surface area contributed by atoms with E-state index in [0.29, 0.717) is 49.3 Å². The molecule has 0 radical (unpaired) electrons. The predicted molar refractivity (Wildman–Crippen MR) is 107 cm³/mol. The summed E-state index contributed by atoms with van der Waals surface area (Å²) in [7, 11) is 0. The average Bonchev–Trinajstić information content (AvgIpc) is 3.28. The van der Waals surface area contributed by atoms with E-state index in [0.717, 1.165) is 5.69 Å². The van der Waals surface area contributed by atoms with Crippen molar-refractivity contribution in [3.8, 4) is 0 Å². The molecule has 8 heteroatoms. The van der Waals surface area contributed by atoms with Crippen molar-refractivity contribution in [2.24, 2.45) is 0 Å². The highest BCUT2D eigenvalue weighted by Crippen LogP contribution is 2.17. The van der Waals surface area contributed by atoms with Crippen LogP contribution in [0, 0.1) is 6.92 Å². The minimum atomic E-state index is -0.170. The maximum Gasteiger partial charge on any atom is 0.289 e. The van der Waals surface area contributed by atoms with Crippen molar-refractivity contribution >= 4 is 23.3 Å². The monoisotopic (exact) mass is 391 g/mol. The van der Waals surface area contributed by atoms with Crippen LogP contribution in [-0.4, -0.2) is 57.8 Å². The van der Waals surface area contributed by atoms with Gasteiger partial charge in [0.15, 0.2) is 5.76 Å². The SMILES string of the molecule is Cc1nc(Nc2ccccc2)cc(C(=O)N2CCN(C(=O)c3ccco3)CC2)n1. The molecule has 2 aromatic heterocycles. The number of hydrogen-bond acceptors (Lipinski definition) is 6. The molecule has 0 saturated carbocycles. The lowest BCUT2D eigenvalue weighted by Crippen LogP contribution is -2.50. The van der Waals surface area contributed by atoms with Gasteiger partial charge < -0.3 is 19.5 Å². The normalized spacial score (nSPS) is 14.0. The van der Waals surface area contributed by atoms with Crippen molar-refractivity contribution in [2.45, 2.75) is 6.92 Å². The minimum absolute atomic E-state index is 0.158. The Kier molecular flexibility index (Phi) is 5.24. The highest BCUT2D eigenvalue weighted by molar-refractivity contribution is 5.94. The summed E-state index contributed by atoms with van der Waals surface area (Å²) >= 11 is 0. The standard InChI is InChI=1S/C21H21N5O3/c1-15-22-17(14-19(23-15)24-16-6-3-2-4-7-16)20(27)25-9-11-26(12-10-25)21(28)18-8-5-13-29-18/h2-8,13-14H,9-12H2,1H3,(H,22,23,24). The van der Waals surface area contributed by atoms with E-state index in [1.54, 1.807) is 34.9 Å². The van der Waals surface area contributed by atoms with Crippen LogP contribution in [0.5, 0.6) is 0 Å². The summed E-state index contributed by atoms with van der Waals surface area (Å²) in [6, 6.07) is 14.6. The lowest BCUT2D eigenvalue weighted by atomic mass is 10.2. The molecular weight excluding hydrogens is 370 g/mol. The Morgan fingerprint density at radius 2 is 1.62 bits per heavy atom.